The molecular formula is C8H18N2O2. The highest BCUT2D eigenvalue weighted by molar-refractivity contribution is 4.92. The molecule has 0 aromatic heterocycles. The second-order valence-corrected chi connectivity index (χ2v) is 4.06. The minimum absolute atomic E-state index is 0.127. The molecule has 0 spiro atoms. The number of nitrogens with zero attached hydrogens (tertiary/aromatic N) is 1. The third-order valence-electron chi connectivity index (χ3n) is 2.61. The third kappa shape index (κ3) is 1.77. The van der Waals surface area contributed by atoms with Gasteiger partial charge in [0.1, 0.15) is 0 Å². The fourth-order valence-electron chi connectivity index (χ4n) is 1.39. The molecule has 12 heavy (non-hydrogen) atoms. The van der Waals surface area contributed by atoms with E-state index >= 15 is 0 Å². The smallest absolute Gasteiger partial charge is 0.0938 e. The van der Waals surface area contributed by atoms with Crippen molar-refractivity contribution >= 4 is 0 Å². The Morgan fingerprint density at radius 1 is 1.33 bits per heavy atom. The Hall–Kier alpha value is -0.160. The summed E-state index contributed by atoms with van der Waals surface area (Å²) in [4.78, 5) is 2.02. The zero-order valence-corrected chi connectivity index (χ0v) is 7.70. The maximum Gasteiger partial charge on any atom is 0.0938 e. The molecule has 2 atom stereocenters. The van der Waals surface area contributed by atoms with Crippen molar-refractivity contribution in [3.8, 4) is 0 Å². The lowest BCUT2D eigenvalue weighted by atomic mass is 10.0. The topological polar surface area (TPSA) is 69.7 Å². The molecule has 0 bridgehead atoms. The van der Waals surface area contributed by atoms with E-state index in [1.165, 1.54) is 0 Å². The Morgan fingerprint density at radius 2 is 1.75 bits per heavy atom. The molecule has 72 valence electrons. The van der Waals surface area contributed by atoms with Crippen molar-refractivity contribution in [1.82, 2.24) is 4.90 Å². The molecule has 1 aliphatic rings. The van der Waals surface area contributed by atoms with Gasteiger partial charge in [-0.1, -0.05) is 0 Å². The molecule has 0 amide bonds. The summed E-state index contributed by atoms with van der Waals surface area (Å²) >= 11 is 0. The Balaban J connectivity index is 2.56. The van der Waals surface area contributed by atoms with Crippen LogP contribution in [-0.2, 0) is 0 Å². The van der Waals surface area contributed by atoms with Crippen molar-refractivity contribution in [2.24, 2.45) is 5.73 Å². The molecule has 1 saturated heterocycles. The number of rotatable bonds is 2. The van der Waals surface area contributed by atoms with E-state index in [0.717, 1.165) is 0 Å². The van der Waals surface area contributed by atoms with Gasteiger partial charge in [-0.2, -0.15) is 0 Å². The molecule has 4 heteroatoms. The molecule has 1 aliphatic heterocycles. The number of nitrogens with two attached hydrogens (primary N) is 1. The first-order valence-corrected chi connectivity index (χ1v) is 4.28. The molecule has 1 fully saturated rings. The number of likely N-dealkylation sites (tertiary alicyclic amines) is 1. The molecule has 0 aromatic carbocycles. The lowest BCUT2D eigenvalue weighted by Crippen LogP contribution is -2.48. The summed E-state index contributed by atoms with van der Waals surface area (Å²) in [7, 11) is 0. The Morgan fingerprint density at radius 3 is 2.08 bits per heavy atom. The zero-order valence-electron chi connectivity index (χ0n) is 7.70. The van der Waals surface area contributed by atoms with Crippen LogP contribution in [0.3, 0.4) is 0 Å². The summed E-state index contributed by atoms with van der Waals surface area (Å²) in [5.74, 6) is 0. The molecule has 1 heterocycles. The standard InChI is InChI=1S/C8H18N2O2/c1-8(2,5-9)10-3-6(11)7(12)4-10/h6-7,11-12H,3-5,9H2,1-2H3. The second-order valence-electron chi connectivity index (χ2n) is 4.06. The predicted octanol–water partition coefficient (Wildman–Crippen LogP) is -1.24. The average molecular weight is 174 g/mol. The van der Waals surface area contributed by atoms with Crippen LogP contribution in [0.1, 0.15) is 13.8 Å². The molecule has 0 aromatic rings. The van der Waals surface area contributed by atoms with Crippen LogP contribution in [0.2, 0.25) is 0 Å². The number of hydrogen-bond donors (Lipinski definition) is 3. The van der Waals surface area contributed by atoms with Gasteiger partial charge in [-0.15, -0.1) is 0 Å². The number of hydrogen-bond acceptors (Lipinski definition) is 4. The summed E-state index contributed by atoms with van der Waals surface area (Å²) in [6.07, 6.45) is -1.23. The number of aliphatic hydroxyl groups excluding tert-OH is 2. The number of aliphatic hydroxyl groups is 2. The van der Waals surface area contributed by atoms with E-state index in [0.29, 0.717) is 19.6 Å². The minimum Gasteiger partial charge on any atom is -0.389 e. The van der Waals surface area contributed by atoms with Crippen LogP contribution in [-0.4, -0.2) is 52.5 Å². The zero-order chi connectivity index (χ0) is 9.35. The highest BCUT2D eigenvalue weighted by Crippen LogP contribution is 2.20. The monoisotopic (exact) mass is 174 g/mol. The molecule has 2 unspecified atom stereocenters. The van der Waals surface area contributed by atoms with Gasteiger partial charge in [0.25, 0.3) is 0 Å². The highest BCUT2D eigenvalue weighted by atomic mass is 16.3. The SMILES string of the molecule is CC(C)(CN)N1CC(O)C(O)C1. The van der Waals surface area contributed by atoms with E-state index in [2.05, 4.69) is 0 Å². The van der Waals surface area contributed by atoms with Crippen LogP contribution in [0.25, 0.3) is 0 Å². The van der Waals surface area contributed by atoms with Crippen molar-refractivity contribution in [1.29, 1.82) is 0 Å². The van der Waals surface area contributed by atoms with Crippen molar-refractivity contribution in [2.75, 3.05) is 19.6 Å². The van der Waals surface area contributed by atoms with Gasteiger partial charge in [0.2, 0.25) is 0 Å². The molecule has 1 rings (SSSR count). The van der Waals surface area contributed by atoms with E-state index in [1.54, 1.807) is 0 Å². The first kappa shape index (κ1) is 9.92. The second kappa shape index (κ2) is 3.30. The van der Waals surface area contributed by atoms with E-state index in [4.69, 9.17) is 5.73 Å². The summed E-state index contributed by atoms with van der Waals surface area (Å²) < 4.78 is 0. The van der Waals surface area contributed by atoms with Gasteiger partial charge in [0.15, 0.2) is 0 Å². The number of β-amino-alcohol motifs (C(OH)–C–C–N with tert-alkyl or cyclic N) is 2. The normalized spacial score (nSPS) is 32.8. The van der Waals surface area contributed by atoms with Gasteiger partial charge < -0.3 is 15.9 Å². The summed E-state index contributed by atoms with van der Waals surface area (Å²) in [5.41, 5.74) is 5.45. The van der Waals surface area contributed by atoms with Gasteiger partial charge in [-0.05, 0) is 13.8 Å². The van der Waals surface area contributed by atoms with Crippen LogP contribution in [0, 0.1) is 0 Å². The van der Waals surface area contributed by atoms with E-state index < -0.39 is 12.2 Å². The fraction of sp³-hybridized carbons (Fsp3) is 1.00. The van der Waals surface area contributed by atoms with Crippen molar-refractivity contribution in [3.05, 3.63) is 0 Å². The third-order valence-corrected chi connectivity index (χ3v) is 2.61. The van der Waals surface area contributed by atoms with Gasteiger partial charge in [0, 0.05) is 25.2 Å². The van der Waals surface area contributed by atoms with Crippen LogP contribution < -0.4 is 5.73 Å². The van der Waals surface area contributed by atoms with E-state index in [1.807, 2.05) is 18.7 Å². The Labute approximate surface area is 73.0 Å². The predicted molar refractivity (Wildman–Crippen MR) is 46.7 cm³/mol. The largest absolute Gasteiger partial charge is 0.389 e. The van der Waals surface area contributed by atoms with Crippen LogP contribution in [0.5, 0.6) is 0 Å². The maximum absolute atomic E-state index is 9.29. The summed E-state index contributed by atoms with van der Waals surface area (Å²) in [5, 5.41) is 18.6. The lowest BCUT2D eigenvalue weighted by molar-refractivity contribution is 0.0572. The first-order chi connectivity index (χ1) is 5.47. The maximum atomic E-state index is 9.29. The van der Waals surface area contributed by atoms with Gasteiger partial charge in [0.05, 0.1) is 12.2 Å². The van der Waals surface area contributed by atoms with Gasteiger partial charge in [-0.25, -0.2) is 0 Å². The van der Waals surface area contributed by atoms with E-state index in [9.17, 15) is 10.2 Å². The van der Waals surface area contributed by atoms with Crippen LogP contribution in [0.15, 0.2) is 0 Å². The molecule has 0 radical (unpaired) electrons. The quantitative estimate of drug-likeness (QED) is 0.490. The Kier molecular flexibility index (Phi) is 2.73. The average Bonchev–Trinajstić information content (AvgIpc) is 2.33. The molecule has 4 nitrogen and oxygen atoms in total. The van der Waals surface area contributed by atoms with E-state index in [-0.39, 0.29) is 5.54 Å². The first-order valence-electron chi connectivity index (χ1n) is 4.28. The summed E-state index contributed by atoms with van der Waals surface area (Å²) in [6.45, 7) is 5.60. The van der Waals surface area contributed by atoms with Crippen molar-refractivity contribution in [3.63, 3.8) is 0 Å². The van der Waals surface area contributed by atoms with Crippen molar-refractivity contribution in [2.45, 2.75) is 31.6 Å². The minimum atomic E-state index is -0.615. The van der Waals surface area contributed by atoms with Crippen molar-refractivity contribution < 1.29 is 10.2 Å². The molecule has 0 saturated carbocycles. The van der Waals surface area contributed by atoms with Crippen LogP contribution >= 0.6 is 0 Å². The molecule has 4 N–H and O–H groups in total. The highest BCUT2D eigenvalue weighted by Gasteiger charge is 2.36. The van der Waals surface area contributed by atoms with Gasteiger partial charge >= 0.3 is 0 Å². The van der Waals surface area contributed by atoms with Crippen LogP contribution in [0.4, 0.5) is 0 Å². The fourth-order valence-corrected chi connectivity index (χ4v) is 1.39. The summed E-state index contributed by atoms with van der Waals surface area (Å²) in [6, 6.07) is 0. The molecular weight excluding hydrogens is 156 g/mol. The molecule has 0 aliphatic carbocycles. The lowest BCUT2D eigenvalue weighted by Gasteiger charge is -2.33. The van der Waals surface area contributed by atoms with Gasteiger partial charge in [-0.3, -0.25) is 4.90 Å². The Bertz CT molecular complexity index is 151.